The van der Waals surface area contributed by atoms with Gasteiger partial charge in [-0.2, -0.15) is 4.98 Å². The summed E-state index contributed by atoms with van der Waals surface area (Å²) in [6, 6.07) is 0. The van der Waals surface area contributed by atoms with E-state index in [1.165, 1.54) is 0 Å². The predicted molar refractivity (Wildman–Crippen MR) is 42.8 cm³/mol. The highest BCUT2D eigenvalue weighted by Crippen LogP contribution is 2.00. The fraction of sp³-hybridized carbons (Fsp3) is 0.667. The van der Waals surface area contributed by atoms with Gasteiger partial charge in [-0.1, -0.05) is 13.3 Å². The predicted octanol–water partition coefficient (Wildman–Crippen LogP) is 0.433. The van der Waals surface area contributed by atoms with Gasteiger partial charge < -0.3 is 0 Å². The van der Waals surface area contributed by atoms with Crippen LogP contribution >= 0.6 is 0 Å². The summed E-state index contributed by atoms with van der Waals surface area (Å²) in [6.07, 6.45) is 3.22. The second-order valence-corrected chi connectivity index (χ2v) is 2.35. The van der Waals surface area contributed by atoms with Crippen molar-refractivity contribution < 1.29 is 0 Å². The number of nitrogens with one attached hydrogen (secondary N) is 2. The molecule has 0 spiro atoms. The fourth-order valence-electron chi connectivity index (χ4n) is 0.816. The summed E-state index contributed by atoms with van der Waals surface area (Å²) in [4.78, 5) is 4.06. The van der Waals surface area contributed by atoms with Gasteiger partial charge >= 0.3 is 0 Å². The molecule has 0 aromatic carbocycles. The molecule has 11 heavy (non-hydrogen) atoms. The zero-order valence-electron chi connectivity index (χ0n) is 6.59. The minimum Gasteiger partial charge on any atom is -0.291 e. The molecule has 0 saturated heterocycles. The molecule has 0 saturated carbocycles. The van der Waals surface area contributed by atoms with Crippen molar-refractivity contribution in [2.45, 2.75) is 26.2 Å². The van der Waals surface area contributed by atoms with E-state index < -0.39 is 0 Å². The first-order chi connectivity index (χ1) is 5.36. The van der Waals surface area contributed by atoms with Gasteiger partial charge in [0, 0.05) is 6.42 Å². The first-order valence-electron chi connectivity index (χ1n) is 3.74. The van der Waals surface area contributed by atoms with E-state index in [-0.39, 0.29) is 0 Å². The lowest BCUT2D eigenvalue weighted by Crippen LogP contribution is -2.08. The van der Waals surface area contributed by atoms with Crippen LogP contribution < -0.4 is 11.3 Å². The Balaban J connectivity index is 2.44. The molecule has 1 aromatic heterocycles. The van der Waals surface area contributed by atoms with E-state index in [9.17, 15) is 0 Å². The number of rotatable bonds is 4. The van der Waals surface area contributed by atoms with Gasteiger partial charge in [-0.3, -0.25) is 10.5 Å². The molecule has 1 aromatic rings. The Hall–Kier alpha value is -1.10. The molecule has 0 unspecified atom stereocenters. The highest BCUT2D eigenvalue weighted by atomic mass is 15.4. The van der Waals surface area contributed by atoms with E-state index in [4.69, 9.17) is 5.84 Å². The molecule has 5 heteroatoms. The first-order valence-corrected chi connectivity index (χ1v) is 3.74. The topological polar surface area (TPSA) is 79.6 Å². The van der Waals surface area contributed by atoms with Gasteiger partial charge in [0.2, 0.25) is 0 Å². The minimum atomic E-state index is 0.455. The second kappa shape index (κ2) is 3.92. The van der Waals surface area contributed by atoms with Crippen LogP contribution in [0.2, 0.25) is 0 Å². The van der Waals surface area contributed by atoms with Crippen molar-refractivity contribution in [3.05, 3.63) is 5.82 Å². The second-order valence-electron chi connectivity index (χ2n) is 2.35. The first kappa shape index (κ1) is 8.00. The van der Waals surface area contributed by atoms with Gasteiger partial charge in [0.15, 0.2) is 0 Å². The van der Waals surface area contributed by atoms with Crippen molar-refractivity contribution >= 4 is 5.95 Å². The molecule has 0 aliphatic heterocycles. The highest BCUT2D eigenvalue weighted by Gasteiger charge is 1.98. The summed E-state index contributed by atoms with van der Waals surface area (Å²) >= 11 is 0. The molecule has 0 atom stereocenters. The van der Waals surface area contributed by atoms with E-state index in [0.717, 1.165) is 25.1 Å². The third kappa shape index (κ3) is 2.19. The number of aromatic nitrogens is 3. The molecule has 0 aliphatic rings. The van der Waals surface area contributed by atoms with Crippen LogP contribution in [0.15, 0.2) is 0 Å². The number of H-pyrrole nitrogens is 1. The lowest BCUT2D eigenvalue weighted by atomic mass is 10.2. The molecule has 0 fully saturated rings. The van der Waals surface area contributed by atoms with Crippen molar-refractivity contribution in [3.63, 3.8) is 0 Å². The third-order valence-electron chi connectivity index (χ3n) is 1.43. The lowest BCUT2D eigenvalue weighted by molar-refractivity contribution is 0.756. The number of hydrazine groups is 1. The standard InChI is InChI=1S/C6H13N5/c1-2-3-4-5-8-6(9-7)11-10-5/h2-4,7H2,1H3,(H2,8,9,10,11). The molecular weight excluding hydrogens is 142 g/mol. The Morgan fingerprint density at radius 1 is 1.64 bits per heavy atom. The largest absolute Gasteiger partial charge is 0.291 e. The van der Waals surface area contributed by atoms with Gasteiger partial charge in [-0.05, 0) is 6.42 Å². The van der Waals surface area contributed by atoms with Gasteiger partial charge in [-0.25, -0.2) is 5.84 Å². The third-order valence-corrected chi connectivity index (χ3v) is 1.43. The molecule has 4 N–H and O–H groups in total. The van der Waals surface area contributed by atoms with E-state index in [0.29, 0.717) is 5.95 Å². The maximum absolute atomic E-state index is 5.10. The molecule has 0 radical (unpaired) electrons. The molecule has 1 rings (SSSR count). The van der Waals surface area contributed by atoms with Crippen LogP contribution in [0.5, 0.6) is 0 Å². The number of nitrogen functional groups attached to an aromatic ring is 1. The van der Waals surface area contributed by atoms with Crippen LogP contribution in [0.1, 0.15) is 25.6 Å². The number of anilines is 1. The summed E-state index contributed by atoms with van der Waals surface area (Å²) in [5.74, 6) is 6.44. The van der Waals surface area contributed by atoms with E-state index >= 15 is 0 Å². The van der Waals surface area contributed by atoms with Gasteiger partial charge in [-0.15, -0.1) is 5.10 Å². The number of aromatic amines is 1. The average molecular weight is 155 g/mol. The van der Waals surface area contributed by atoms with E-state index in [2.05, 4.69) is 27.5 Å². The Labute approximate surface area is 65.4 Å². The van der Waals surface area contributed by atoms with Gasteiger partial charge in [0.1, 0.15) is 5.82 Å². The van der Waals surface area contributed by atoms with Gasteiger partial charge in [0.25, 0.3) is 5.95 Å². The van der Waals surface area contributed by atoms with Crippen molar-refractivity contribution in [2.75, 3.05) is 5.43 Å². The summed E-state index contributed by atoms with van der Waals surface area (Å²) in [5, 5.41) is 6.60. The Bertz CT molecular complexity index is 206. The van der Waals surface area contributed by atoms with Gasteiger partial charge in [0.05, 0.1) is 0 Å². The Kier molecular flexibility index (Phi) is 2.85. The SMILES string of the molecule is CCCCc1nc(NN)n[nH]1. The van der Waals surface area contributed by atoms with Crippen LogP contribution in [-0.4, -0.2) is 15.2 Å². The summed E-state index contributed by atoms with van der Waals surface area (Å²) in [7, 11) is 0. The summed E-state index contributed by atoms with van der Waals surface area (Å²) in [6.45, 7) is 2.14. The van der Waals surface area contributed by atoms with Crippen molar-refractivity contribution in [3.8, 4) is 0 Å². The number of nitrogens with zero attached hydrogens (tertiary/aromatic N) is 2. The van der Waals surface area contributed by atoms with E-state index in [1.807, 2.05) is 0 Å². The average Bonchev–Trinajstić information content (AvgIpc) is 2.48. The maximum atomic E-state index is 5.10. The quantitative estimate of drug-likeness (QED) is 0.435. The highest BCUT2D eigenvalue weighted by molar-refractivity contribution is 5.19. The summed E-state index contributed by atoms with van der Waals surface area (Å²) < 4.78 is 0. The van der Waals surface area contributed by atoms with E-state index in [1.54, 1.807) is 0 Å². The molecule has 62 valence electrons. The molecular formula is C6H13N5. The zero-order valence-corrected chi connectivity index (χ0v) is 6.59. The maximum Gasteiger partial charge on any atom is 0.256 e. The minimum absolute atomic E-state index is 0.455. The van der Waals surface area contributed by atoms with Crippen LogP contribution in [-0.2, 0) is 6.42 Å². The van der Waals surface area contributed by atoms with Crippen LogP contribution in [0.3, 0.4) is 0 Å². The monoisotopic (exact) mass is 155 g/mol. The smallest absolute Gasteiger partial charge is 0.256 e. The number of unbranched alkanes of at least 4 members (excludes halogenated alkanes) is 1. The van der Waals surface area contributed by atoms with Crippen molar-refractivity contribution in [2.24, 2.45) is 5.84 Å². The fourth-order valence-corrected chi connectivity index (χ4v) is 0.816. The number of aryl methyl sites for hydroxylation is 1. The van der Waals surface area contributed by atoms with Crippen molar-refractivity contribution in [1.82, 2.24) is 15.2 Å². The van der Waals surface area contributed by atoms with Crippen LogP contribution in [0, 0.1) is 0 Å². The van der Waals surface area contributed by atoms with Crippen LogP contribution in [0.25, 0.3) is 0 Å². The molecule has 0 aliphatic carbocycles. The lowest BCUT2D eigenvalue weighted by Gasteiger charge is -1.90. The molecule has 1 heterocycles. The number of hydrogen-bond donors (Lipinski definition) is 3. The van der Waals surface area contributed by atoms with Crippen molar-refractivity contribution in [1.29, 1.82) is 0 Å². The zero-order chi connectivity index (χ0) is 8.10. The molecule has 0 bridgehead atoms. The van der Waals surface area contributed by atoms with Crippen LogP contribution in [0.4, 0.5) is 5.95 Å². The Morgan fingerprint density at radius 2 is 2.45 bits per heavy atom. The Morgan fingerprint density at radius 3 is 3.00 bits per heavy atom. The molecule has 5 nitrogen and oxygen atoms in total. The molecule has 0 amide bonds. The summed E-state index contributed by atoms with van der Waals surface area (Å²) in [5.41, 5.74) is 2.37. The number of nitrogens with two attached hydrogens (primary N) is 1. The number of hydrogen-bond acceptors (Lipinski definition) is 4. The normalized spacial score (nSPS) is 10.0.